The molecule has 1 aromatic carbocycles. The van der Waals surface area contributed by atoms with E-state index in [9.17, 15) is 14.3 Å². The summed E-state index contributed by atoms with van der Waals surface area (Å²) in [6.45, 7) is 4.13. The largest absolute Gasteiger partial charge is 0.380 e. The first-order valence-electron chi connectivity index (χ1n) is 7.19. The number of nitrogens with one attached hydrogen (secondary N) is 1. The molecule has 21 heavy (non-hydrogen) atoms. The lowest BCUT2D eigenvalue weighted by Gasteiger charge is -2.21. The zero-order chi connectivity index (χ0) is 16.0. The maximum absolute atomic E-state index is 13.9. The zero-order valence-corrected chi connectivity index (χ0v) is 13.2. The number of amides is 1. The van der Waals surface area contributed by atoms with E-state index in [0.717, 1.165) is 0 Å². The van der Waals surface area contributed by atoms with Crippen molar-refractivity contribution >= 4 is 5.91 Å². The van der Waals surface area contributed by atoms with Crippen molar-refractivity contribution < 1.29 is 14.3 Å². The third kappa shape index (κ3) is 5.44. The van der Waals surface area contributed by atoms with Gasteiger partial charge in [0.25, 0.3) is 5.91 Å². The minimum atomic E-state index is -1.38. The molecule has 4 nitrogen and oxygen atoms in total. The van der Waals surface area contributed by atoms with E-state index in [4.69, 9.17) is 0 Å². The second-order valence-electron chi connectivity index (χ2n) is 5.87. The summed E-state index contributed by atoms with van der Waals surface area (Å²) in [4.78, 5) is 13.8. The fourth-order valence-electron chi connectivity index (χ4n) is 2.14. The molecule has 0 saturated carbocycles. The summed E-state index contributed by atoms with van der Waals surface area (Å²) in [6.07, 6.45) is 1.11. The summed E-state index contributed by atoms with van der Waals surface area (Å²) in [7, 11) is 3.76. The highest BCUT2D eigenvalue weighted by Gasteiger charge is 2.28. The van der Waals surface area contributed by atoms with Crippen LogP contribution in [0.25, 0.3) is 0 Å². The van der Waals surface area contributed by atoms with Crippen LogP contribution in [0, 0.1) is 5.82 Å². The van der Waals surface area contributed by atoms with Crippen molar-refractivity contribution in [2.24, 2.45) is 0 Å². The Bertz CT molecular complexity index is 487. The third-order valence-electron chi connectivity index (χ3n) is 3.28. The van der Waals surface area contributed by atoms with Gasteiger partial charge < -0.3 is 15.3 Å². The minimum absolute atomic E-state index is 0.206. The lowest BCUT2D eigenvalue weighted by Crippen LogP contribution is -2.44. The zero-order valence-electron chi connectivity index (χ0n) is 13.2. The van der Waals surface area contributed by atoms with Gasteiger partial charge in [-0.05, 0) is 39.1 Å². The molecule has 1 amide bonds. The van der Waals surface area contributed by atoms with Gasteiger partial charge in [-0.1, -0.05) is 25.5 Å². The van der Waals surface area contributed by atoms with E-state index < -0.39 is 11.5 Å². The van der Waals surface area contributed by atoms with Crippen LogP contribution in [0.3, 0.4) is 0 Å². The Hall–Kier alpha value is -1.46. The molecule has 1 rings (SSSR count). The third-order valence-corrected chi connectivity index (χ3v) is 3.28. The second-order valence-corrected chi connectivity index (χ2v) is 5.87. The highest BCUT2D eigenvalue weighted by Crippen LogP contribution is 2.14. The molecule has 0 aliphatic carbocycles. The van der Waals surface area contributed by atoms with Crippen LogP contribution in [0.1, 0.15) is 37.8 Å². The fourth-order valence-corrected chi connectivity index (χ4v) is 2.14. The number of carbonyl (C=O) groups is 1. The summed E-state index contributed by atoms with van der Waals surface area (Å²) in [5.41, 5.74) is -0.0817. The van der Waals surface area contributed by atoms with Gasteiger partial charge in [0.05, 0.1) is 0 Å². The molecule has 0 saturated heterocycles. The van der Waals surface area contributed by atoms with Gasteiger partial charge in [-0.3, -0.25) is 4.79 Å². The molecule has 0 radical (unpaired) electrons. The van der Waals surface area contributed by atoms with E-state index in [0.29, 0.717) is 30.5 Å². The quantitative estimate of drug-likeness (QED) is 0.810. The summed E-state index contributed by atoms with van der Waals surface area (Å²) in [5, 5.41) is 12.6. The molecule has 1 atom stereocenters. The fraction of sp³-hybridized carbons (Fsp3) is 0.562. The van der Waals surface area contributed by atoms with Crippen molar-refractivity contribution in [3.05, 3.63) is 35.1 Å². The molecule has 0 aliphatic heterocycles. The predicted molar refractivity (Wildman–Crippen MR) is 81.2 cm³/mol. The van der Waals surface area contributed by atoms with Gasteiger partial charge in [0, 0.05) is 18.7 Å². The lowest BCUT2D eigenvalue weighted by atomic mass is 9.99. The number of hydrogen-bond acceptors (Lipinski definition) is 3. The molecule has 0 aliphatic rings. The first-order valence-corrected chi connectivity index (χ1v) is 7.19. The molecule has 0 bridgehead atoms. The number of nitrogens with zero attached hydrogens (tertiary/aromatic N) is 1. The number of aliphatic hydroxyl groups is 1. The van der Waals surface area contributed by atoms with Crippen LogP contribution < -0.4 is 5.32 Å². The van der Waals surface area contributed by atoms with Crippen LogP contribution in [0.4, 0.5) is 4.39 Å². The maximum atomic E-state index is 13.9. The molecule has 0 heterocycles. The SMILES string of the molecule is CCCC(C)(O)C(=O)NCc1ccc(CN(C)C)c(F)c1. The van der Waals surface area contributed by atoms with Gasteiger partial charge in [-0.2, -0.15) is 0 Å². The molecule has 0 spiro atoms. The number of hydrogen-bond donors (Lipinski definition) is 2. The number of rotatable bonds is 7. The smallest absolute Gasteiger partial charge is 0.251 e. The standard InChI is InChI=1S/C16H25FN2O2/c1-5-8-16(2,21)15(20)18-10-12-6-7-13(11-19(3)4)14(17)9-12/h6-7,9,21H,5,8,10-11H2,1-4H3,(H,18,20). The molecule has 118 valence electrons. The second kappa shape index (κ2) is 7.52. The van der Waals surface area contributed by atoms with Crippen molar-refractivity contribution in [3.8, 4) is 0 Å². The number of carbonyl (C=O) groups excluding carboxylic acids is 1. The Morgan fingerprint density at radius 1 is 1.43 bits per heavy atom. The van der Waals surface area contributed by atoms with E-state index in [2.05, 4.69) is 5.32 Å². The van der Waals surface area contributed by atoms with Crippen LogP contribution in [0.15, 0.2) is 18.2 Å². The Morgan fingerprint density at radius 3 is 2.62 bits per heavy atom. The summed E-state index contributed by atoms with van der Waals surface area (Å²) in [5.74, 6) is -0.710. The molecule has 0 fully saturated rings. The van der Waals surface area contributed by atoms with E-state index in [1.165, 1.54) is 13.0 Å². The monoisotopic (exact) mass is 296 g/mol. The van der Waals surface area contributed by atoms with Gasteiger partial charge in [0.15, 0.2) is 0 Å². The van der Waals surface area contributed by atoms with Crippen molar-refractivity contribution in [2.45, 2.75) is 45.4 Å². The minimum Gasteiger partial charge on any atom is -0.380 e. The first kappa shape index (κ1) is 17.6. The Morgan fingerprint density at radius 2 is 2.10 bits per heavy atom. The molecule has 0 aromatic heterocycles. The molecule has 1 unspecified atom stereocenters. The maximum Gasteiger partial charge on any atom is 0.251 e. The van der Waals surface area contributed by atoms with Gasteiger partial charge >= 0.3 is 0 Å². The Kier molecular flexibility index (Phi) is 6.30. The average Bonchev–Trinajstić information content (AvgIpc) is 2.38. The normalized spacial score (nSPS) is 14.0. The van der Waals surface area contributed by atoms with E-state index in [-0.39, 0.29) is 12.4 Å². The van der Waals surface area contributed by atoms with Crippen molar-refractivity contribution in [2.75, 3.05) is 14.1 Å². The van der Waals surface area contributed by atoms with Crippen LogP contribution in [0.5, 0.6) is 0 Å². The summed E-state index contributed by atoms with van der Waals surface area (Å²) >= 11 is 0. The van der Waals surface area contributed by atoms with Crippen LogP contribution in [-0.2, 0) is 17.9 Å². The highest BCUT2D eigenvalue weighted by molar-refractivity contribution is 5.84. The Balaban J connectivity index is 2.64. The molecule has 5 heteroatoms. The predicted octanol–water partition coefficient (Wildman–Crippen LogP) is 2.05. The first-order chi connectivity index (χ1) is 9.76. The van der Waals surface area contributed by atoms with Crippen LogP contribution in [-0.4, -0.2) is 35.6 Å². The lowest BCUT2D eigenvalue weighted by molar-refractivity contribution is -0.138. The van der Waals surface area contributed by atoms with E-state index in [1.807, 2.05) is 25.9 Å². The van der Waals surface area contributed by atoms with E-state index in [1.54, 1.807) is 12.1 Å². The number of halogens is 1. The Labute approximate surface area is 126 Å². The van der Waals surface area contributed by atoms with Crippen LogP contribution >= 0.6 is 0 Å². The van der Waals surface area contributed by atoms with Crippen molar-refractivity contribution in [1.82, 2.24) is 10.2 Å². The topological polar surface area (TPSA) is 52.6 Å². The van der Waals surface area contributed by atoms with Gasteiger partial charge in [0.2, 0.25) is 0 Å². The van der Waals surface area contributed by atoms with Crippen molar-refractivity contribution in [1.29, 1.82) is 0 Å². The summed E-state index contributed by atoms with van der Waals surface area (Å²) < 4.78 is 13.9. The van der Waals surface area contributed by atoms with Gasteiger partial charge in [-0.15, -0.1) is 0 Å². The van der Waals surface area contributed by atoms with E-state index >= 15 is 0 Å². The molecule has 1 aromatic rings. The highest BCUT2D eigenvalue weighted by atomic mass is 19.1. The molecular formula is C16H25FN2O2. The number of benzene rings is 1. The van der Waals surface area contributed by atoms with Crippen molar-refractivity contribution in [3.63, 3.8) is 0 Å². The molecular weight excluding hydrogens is 271 g/mol. The van der Waals surface area contributed by atoms with Gasteiger partial charge in [0.1, 0.15) is 11.4 Å². The van der Waals surface area contributed by atoms with Gasteiger partial charge in [-0.25, -0.2) is 4.39 Å². The summed E-state index contributed by atoms with van der Waals surface area (Å²) in [6, 6.07) is 4.94. The van der Waals surface area contributed by atoms with Crippen LogP contribution in [0.2, 0.25) is 0 Å². The average molecular weight is 296 g/mol. The molecule has 2 N–H and O–H groups in total.